The molecule has 8 heteroatoms. The van der Waals surface area contributed by atoms with Crippen LogP contribution in [0.3, 0.4) is 0 Å². The Bertz CT molecular complexity index is 1110. The van der Waals surface area contributed by atoms with Crippen LogP contribution in [0.5, 0.6) is 0 Å². The maximum absolute atomic E-state index is 13.2. The highest BCUT2D eigenvalue weighted by atomic mass is 35.5. The van der Waals surface area contributed by atoms with Gasteiger partial charge in [-0.15, -0.1) is 12.4 Å². The van der Waals surface area contributed by atoms with E-state index in [1.54, 1.807) is 13.8 Å². The quantitative estimate of drug-likeness (QED) is 0.389. The Kier molecular flexibility index (Phi) is 10.1. The van der Waals surface area contributed by atoms with Crippen molar-refractivity contribution in [2.75, 3.05) is 13.1 Å². The Balaban J connectivity index is 0.00000400. The Morgan fingerprint density at radius 3 is 2.39 bits per heavy atom. The van der Waals surface area contributed by atoms with E-state index in [4.69, 9.17) is 5.73 Å². The molecule has 2 atom stereocenters. The number of halogens is 1. The molecule has 2 aromatic rings. The zero-order valence-electron chi connectivity index (χ0n) is 22.4. The molecule has 1 unspecified atom stereocenters. The summed E-state index contributed by atoms with van der Waals surface area (Å²) in [6, 6.07) is 17.6. The van der Waals surface area contributed by atoms with Gasteiger partial charge in [-0.3, -0.25) is 19.7 Å². The lowest BCUT2D eigenvalue weighted by atomic mass is 9.73. The van der Waals surface area contributed by atoms with Crippen LogP contribution in [-0.2, 0) is 26.2 Å². The monoisotopic (exact) mass is 540 g/mol. The third-order valence-electron chi connectivity index (χ3n) is 7.87. The van der Waals surface area contributed by atoms with Gasteiger partial charge >= 0.3 is 0 Å². The molecular formula is C30H41ClN4O3. The van der Waals surface area contributed by atoms with E-state index in [2.05, 4.69) is 34.1 Å². The van der Waals surface area contributed by atoms with Gasteiger partial charge in [0.1, 0.15) is 6.04 Å². The van der Waals surface area contributed by atoms with Crippen molar-refractivity contribution in [3.63, 3.8) is 0 Å². The topological polar surface area (TPSA) is 113 Å². The van der Waals surface area contributed by atoms with E-state index in [9.17, 15) is 14.4 Å². The summed E-state index contributed by atoms with van der Waals surface area (Å²) >= 11 is 0. The van der Waals surface area contributed by atoms with Crippen LogP contribution in [0, 0.1) is 0 Å². The number of aryl methyl sites for hydroxylation is 1. The molecule has 2 aromatic carbocycles. The first kappa shape index (κ1) is 29.8. The molecule has 1 saturated heterocycles. The number of piperidine rings is 1. The molecule has 206 valence electrons. The fraction of sp³-hybridized carbons (Fsp3) is 0.500. The molecule has 5 N–H and O–H groups in total. The Hall–Kier alpha value is -2.74. The van der Waals surface area contributed by atoms with Gasteiger partial charge in [0.25, 0.3) is 0 Å². The van der Waals surface area contributed by atoms with Crippen LogP contribution in [0.25, 0.3) is 0 Å². The van der Waals surface area contributed by atoms with Crippen molar-refractivity contribution < 1.29 is 14.4 Å². The summed E-state index contributed by atoms with van der Waals surface area (Å²) in [5, 5.41) is 8.80. The lowest BCUT2D eigenvalue weighted by Crippen LogP contribution is -2.56. The highest BCUT2D eigenvalue weighted by molar-refractivity contribution is 6.00. The minimum atomic E-state index is -1.13. The van der Waals surface area contributed by atoms with Gasteiger partial charge in [-0.2, -0.15) is 0 Å². The van der Waals surface area contributed by atoms with E-state index < -0.39 is 23.4 Å². The van der Waals surface area contributed by atoms with E-state index in [-0.39, 0.29) is 36.1 Å². The summed E-state index contributed by atoms with van der Waals surface area (Å²) < 4.78 is 0. The van der Waals surface area contributed by atoms with E-state index in [0.29, 0.717) is 12.8 Å². The number of carbonyl (C=O) groups is 3. The molecule has 1 spiro atoms. The maximum Gasteiger partial charge on any atom is 0.249 e. The first-order valence-corrected chi connectivity index (χ1v) is 13.5. The average molecular weight is 541 g/mol. The predicted octanol–water partition coefficient (Wildman–Crippen LogP) is 3.49. The lowest BCUT2D eigenvalue weighted by molar-refractivity contribution is -0.135. The molecule has 0 aromatic heterocycles. The van der Waals surface area contributed by atoms with Gasteiger partial charge in [0.15, 0.2) is 0 Å². The number of imide groups is 1. The van der Waals surface area contributed by atoms with E-state index in [1.807, 2.05) is 36.4 Å². The molecular weight excluding hydrogens is 500 g/mol. The number of hydrogen-bond donors (Lipinski definition) is 4. The smallest absolute Gasteiger partial charge is 0.249 e. The number of nitrogens with two attached hydrogens (primary N) is 1. The molecule has 4 rings (SSSR count). The summed E-state index contributed by atoms with van der Waals surface area (Å²) in [4.78, 5) is 38.8. The Morgan fingerprint density at radius 1 is 1.05 bits per heavy atom. The van der Waals surface area contributed by atoms with Crippen LogP contribution in [0.1, 0.15) is 75.0 Å². The van der Waals surface area contributed by atoms with Crippen molar-refractivity contribution in [3.05, 3.63) is 71.3 Å². The molecule has 7 nitrogen and oxygen atoms in total. The van der Waals surface area contributed by atoms with E-state index >= 15 is 0 Å². The molecule has 1 fully saturated rings. The largest absolute Gasteiger partial charge is 0.343 e. The average Bonchev–Trinajstić information content (AvgIpc) is 3.16. The highest BCUT2D eigenvalue weighted by Crippen LogP contribution is 2.51. The summed E-state index contributed by atoms with van der Waals surface area (Å²) in [5.74, 6) is -1.11. The second kappa shape index (κ2) is 12.9. The number of hydrogen-bond acceptors (Lipinski definition) is 5. The molecule has 2 aliphatic rings. The molecule has 0 saturated carbocycles. The third-order valence-corrected chi connectivity index (χ3v) is 7.87. The van der Waals surface area contributed by atoms with Crippen molar-refractivity contribution in [3.8, 4) is 0 Å². The van der Waals surface area contributed by atoms with Crippen LogP contribution in [0.15, 0.2) is 54.6 Å². The molecule has 1 aliphatic heterocycles. The normalized spacial score (nSPS) is 18.7. The predicted molar refractivity (Wildman–Crippen MR) is 152 cm³/mol. The van der Waals surface area contributed by atoms with Gasteiger partial charge in [0.2, 0.25) is 17.7 Å². The first-order chi connectivity index (χ1) is 17.7. The van der Waals surface area contributed by atoms with Crippen LogP contribution in [0.2, 0.25) is 0 Å². The lowest BCUT2D eigenvalue weighted by Gasteiger charge is -2.35. The van der Waals surface area contributed by atoms with Crippen molar-refractivity contribution in [1.82, 2.24) is 16.0 Å². The number of nitrogens with one attached hydrogen (secondary N) is 3. The van der Waals surface area contributed by atoms with Crippen LogP contribution in [-0.4, -0.2) is 42.4 Å². The van der Waals surface area contributed by atoms with E-state index in [1.165, 1.54) is 11.1 Å². The van der Waals surface area contributed by atoms with Crippen molar-refractivity contribution in [1.29, 1.82) is 0 Å². The van der Waals surface area contributed by atoms with Gasteiger partial charge in [0, 0.05) is 6.42 Å². The molecule has 1 aliphatic carbocycles. The Morgan fingerprint density at radius 2 is 1.71 bits per heavy atom. The SMILES string of the molecule is CC(C)(N)C(=O)N[C@H](CCCc1ccccc1)C(=O)NC(=O)CC1CC2(CCNCC2)c2ccccc21.Cl. The second-order valence-corrected chi connectivity index (χ2v) is 11.3. The number of fused-ring (bicyclic) bond motifs is 2. The minimum Gasteiger partial charge on any atom is -0.343 e. The zero-order valence-corrected chi connectivity index (χ0v) is 23.2. The molecule has 38 heavy (non-hydrogen) atoms. The van der Waals surface area contributed by atoms with Gasteiger partial charge < -0.3 is 16.4 Å². The van der Waals surface area contributed by atoms with Crippen molar-refractivity contribution >= 4 is 30.1 Å². The van der Waals surface area contributed by atoms with Gasteiger partial charge in [-0.05, 0) is 93.5 Å². The van der Waals surface area contributed by atoms with Gasteiger partial charge in [-0.1, -0.05) is 54.6 Å². The van der Waals surface area contributed by atoms with Crippen LogP contribution in [0.4, 0.5) is 0 Å². The fourth-order valence-electron chi connectivity index (χ4n) is 5.86. The molecule has 1 heterocycles. The van der Waals surface area contributed by atoms with Crippen molar-refractivity contribution in [2.45, 2.75) is 81.7 Å². The number of rotatable bonds is 9. The molecule has 0 bridgehead atoms. The summed E-state index contributed by atoms with van der Waals surface area (Å²) in [5.41, 5.74) is 8.68. The minimum absolute atomic E-state index is 0. The zero-order chi connectivity index (χ0) is 26.5. The standard InChI is InChI=1S/C30H40N4O3.ClH/c1-29(2,31)28(37)33-25(14-8-11-21-9-4-3-5-10-21)27(36)34-26(35)19-22-20-30(15-17-32-18-16-30)24-13-7-6-12-23(22)24;/h3-7,9-10,12-13,22,25,32H,8,11,14-20,31H2,1-2H3,(H,33,37)(H,34,35,36);1H/t22?,25-;/m1./s1. The number of carbonyl (C=O) groups excluding carboxylic acids is 3. The summed E-state index contributed by atoms with van der Waals surface area (Å²) in [6.07, 6.45) is 5.18. The number of benzene rings is 2. The fourth-order valence-corrected chi connectivity index (χ4v) is 5.86. The van der Waals surface area contributed by atoms with Gasteiger partial charge in [0.05, 0.1) is 5.54 Å². The maximum atomic E-state index is 13.2. The van der Waals surface area contributed by atoms with Crippen LogP contribution < -0.4 is 21.7 Å². The number of amides is 3. The second-order valence-electron chi connectivity index (χ2n) is 11.3. The molecule has 3 amide bonds. The van der Waals surface area contributed by atoms with Gasteiger partial charge in [-0.25, -0.2) is 0 Å². The highest BCUT2D eigenvalue weighted by Gasteiger charge is 2.44. The van der Waals surface area contributed by atoms with E-state index in [0.717, 1.165) is 44.3 Å². The first-order valence-electron chi connectivity index (χ1n) is 13.5. The van der Waals surface area contributed by atoms with Crippen LogP contribution >= 0.6 is 12.4 Å². The summed E-state index contributed by atoms with van der Waals surface area (Å²) in [6.45, 7) is 5.16. The summed E-state index contributed by atoms with van der Waals surface area (Å²) in [7, 11) is 0. The Labute approximate surface area is 232 Å². The van der Waals surface area contributed by atoms with Crippen molar-refractivity contribution in [2.24, 2.45) is 5.73 Å². The molecule has 0 radical (unpaired) electrons. The third kappa shape index (κ3) is 7.22.